The molecule has 0 aliphatic rings. The second-order valence-corrected chi connectivity index (χ2v) is 9.77. The molecule has 0 atom stereocenters. The summed E-state index contributed by atoms with van der Waals surface area (Å²) >= 11 is 0. The van der Waals surface area contributed by atoms with Crippen LogP contribution in [0.4, 0.5) is 5.69 Å². The molecule has 7 nitrogen and oxygen atoms in total. The average molecular weight is 475 g/mol. The highest BCUT2D eigenvalue weighted by Gasteiger charge is 2.15. The number of aryl methyl sites for hydroxylation is 2. The molecule has 0 spiro atoms. The Morgan fingerprint density at radius 2 is 1.65 bits per heavy atom. The summed E-state index contributed by atoms with van der Waals surface area (Å²) in [6.45, 7) is 4.80. The zero-order chi connectivity index (χ0) is 24.1. The first-order valence-electron chi connectivity index (χ1n) is 10.8. The molecule has 0 aliphatic carbocycles. The van der Waals surface area contributed by atoms with Crippen LogP contribution in [0.3, 0.4) is 0 Å². The number of rotatable bonds is 8. The number of aromatic nitrogens is 2. The predicted octanol–water partition coefficient (Wildman–Crippen LogP) is 4.28. The van der Waals surface area contributed by atoms with E-state index in [2.05, 4.69) is 15.1 Å². The maximum Gasteiger partial charge on any atom is 0.261 e. The maximum atomic E-state index is 12.7. The van der Waals surface area contributed by atoms with Crippen molar-refractivity contribution in [2.45, 2.75) is 31.8 Å². The smallest absolute Gasteiger partial charge is 0.261 e. The highest BCUT2D eigenvalue weighted by molar-refractivity contribution is 7.92. The minimum absolute atomic E-state index is 0.200. The van der Waals surface area contributed by atoms with Crippen molar-refractivity contribution < 1.29 is 13.2 Å². The van der Waals surface area contributed by atoms with E-state index in [1.807, 2.05) is 55.1 Å². The van der Waals surface area contributed by atoms with Crippen LogP contribution >= 0.6 is 0 Å². The van der Waals surface area contributed by atoms with Gasteiger partial charge >= 0.3 is 0 Å². The van der Waals surface area contributed by atoms with E-state index < -0.39 is 10.0 Å². The lowest BCUT2D eigenvalue weighted by atomic mass is 10.1. The lowest BCUT2D eigenvalue weighted by Crippen LogP contribution is -2.23. The summed E-state index contributed by atoms with van der Waals surface area (Å²) in [4.78, 5) is 12.9. The van der Waals surface area contributed by atoms with E-state index in [1.54, 1.807) is 48.7 Å². The molecule has 0 bridgehead atoms. The van der Waals surface area contributed by atoms with Crippen molar-refractivity contribution in [3.05, 3.63) is 113 Å². The summed E-state index contributed by atoms with van der Waals surface area (Å²) in [5.41, 5.74) is 4.84. The maximum absolute atomic E-state index is 12.7. The molecule has 1 aromatic heterocycles. The van der Waals surface area contributed by atoms with Crippen LogP contribution in [0, 0.1) is 13.8 Å². The number of amides is 1. The summed E-state index contributed by atoms with van der Waals surface area (Å²) in [6, 6.07) is 21.1. The second kappa shape index (κ2) is 9.93. The summed E-state index contributed by atoms with van der Waals surface area (Å²) in [7, 11) is -3.72. The van der Waals surface area contributed by atoms with Gasteiger partial charge in [-0.2, -0.15) is 5.10 Å². The van der Waals surface area contributed by atoms with E-state index >= 15 is 0 Å². The molecule has 4 rings (SSSR count). The Hall–Kier alpha value is -3.91. The third-order valence-corrected chi connectivity index (χ3v) is 7.02. The Morgan fingerprint density at radius 1 is 0.912 bits per heavy atom. The molecule has 0 aliphatic heterocycles. The Kier molecular flexibility index (Phi) is 6.79. The molecular formula is C26H26N4O3S. The number of carbonyl (C=O) groups is 1. The number of sulfonamides is 1. The van der Waals surface area contributed by atoms with E-state index in [0.717, 1.165) is 22.3 Å². The summed E-state index contributed by atoms with van der Waals surface area (Å²) in [5, 5.41) is 7.17. The van der Waals surface area contributed by atoms with Gasteiger partial charge in [-0.1, -0.05) is 30.3 Å². The average Bonchev–Trinajstić information content (AvgIpc) is 3.33. The number of nitrogens with one attached hydrogen (secondary N) is 2. The second-order valence-electron chi connectivity index (χ2n) is 8.08. The minimum Gasteiger partial charge on any atom is -0.348 e. The minimum atomic E-state index is -3.72. The van der Waals surface area contributed by atoms with Crippen molar-refractivity contribution in [1.29, 1.82) is 0 Å². The van der Waals surface area contributed by atoms with E-state index in [4.69, 9.17) is 0 Å². The van der Waals surface area contributed by atoms with Crippen molar-refractivity contribution in [1.82, 2.24) is 15.1 Å². The first kappa shape index (κ1) is 23.3. The van der Waals surface area contributed by atoms with E-state index in [1.165, 1.54) is 0 Å². The standard InChI is InChI=1S/C26H26N4O3S/c1-19-8-13-25(16-20(19)2)34(32,33)29-24-11-9-21(10-12-24)26(31)27-17-22-6-3-4-7-23(22)18-30-15-5-14-28-30/h3-16,29H,17-18H2,1-2H3,(H,27,31). The third kappa shape index (κ3) is 5.52. The van der Waals surface area contributed by atoms with E-state index in [0.29, 0.717) is 24.3 Å². The van der Waals surface area contributed by atoms with Crippen molar-refractivity contribution in [2.75, 3.05) is 4.72 Å². The molecule has 2 N–H and O–H groups in total. The molecule has 0 unspecified atom stereocenters. The van der Waals surface area contributed by atoms with Gasteiger partial charge in [0.05, 0.1) is 11.4 Å². The number of carbonyl (C=O) groups excluding carboxylic acids is 1. The van der Waals surface area contributed by atoms with Crippen LogP contribution in [-0.4, -0.2) is 24.1 Å². The lowest BCUT2D eigenvalue weighted by Gasteiger charge is -2.12. The summed E-state index contributed by atoms with van der Waals surface area (Å²) in [5.74, 6) is -0.238. The molecule has 0 radical (unpaired) electrons. The third-order valence-electron chi connectivity index (χ3n) is 5.64. The monoisotopic (exact) mass is 474 g/mol. The molecule has 1 amide bonds. The van der Waals surface area contributed by atoms with Crippen molar-refractivity contribution >= 4 is 21.6 Å². The van der Waals surface area contributed by atoms with Crippen LogP contribution in [0.15, 0.2) is 90.1 Å². The lowest BCUT2D eigenvalue weighted by molar-refractivity contribution is 0.0951. The van der Waals surface area contributed by atoms with E-state index in [-0.39, 0.29) is 10.8 Å². The van der Waals surface area contributed by atoms with Gasteiger partial charge in [-0.3, -0.25) is 14.2 Å². The Bertz CT molecular complexity index is 1400. The van der Waals surface area contributed by atoms with Gasteiger partial charge in [0.1, 0.15) is 0 Å². The highest BCUT2D eigenvalue weighted by atomic mass is 32.2. The number of nitrogens with zero attached hydrogens (tertiary/aromatic N) is 2. The van der Waals surface area contributed by atoms with Crippen LogP contribution in [0.5, 0.6) is 0 Å². The quantitative estimate of drug-likeness (QED) is 0.399. The molecule has 1 heterocycles. The number of hydrogen-bond acceptors (Lipinski definition) is 4. The molecule has 0 fully saturated rings. The Balaban J connectivity index is 1.40. The van der Waals surface area contributed by atoms with Crippen LogP contribution in [0.25, 0.3) is 0 Å². The fraction of sp³-hybridized carbons (Fsp3) is 0.154. The van der Waals surface area contributed by atoms with Crippen LogP contribution < -0.4 is 10.0 Å². The highest BCUT2D eigenvalue weighted by Crippen LogP contribution is 2.19. The van der Waals surface area contributed by atoms with Gasteiger partial charge in [0.25, 0.3) is 15.9 Å². The largest absolute Gasteiger partial charge is 0.348 e. The summed E-state index contributed by atoms with van der Waals surface area (Å²) < 4.78 is 29.8. The molecule has 0 saturated heterocycles. The molecule has 3 aromatic carbocycles. The van der Waals surface area contributed by atoms with Gasteiger partial charge in [-0.25, -0.2) is 8.42 Å². The van der Waals surface area contributed by atoms with Crippen LogP contribution in [0.2, 0.25) is 0 Å². The topological polar surface area (TPSA) is 93.1 Å². The van der Waals surface area contributed by atoms with Gasteiger partial charge < -0.3 is 5.32 Å². The van der Waals surface area contributed by atoms with Crippen molar-refractivity contribution in [2.24, 2.45) is 0 Å². The summed E-state index contributed by atoms with van der Waals surface area (Å²) in [6.07, 6.45) is 3.63. The van der Waals surface area contributed by atoms with Crippen molar-refractivity contribution in [3.63, 3.8) is 0 Å². The van der Waals surface area contributed by atoms with Gasteiger partial charge in [0.15, 0.2) is 0 Å². The first-order valence-corrected chi connectivity index (χ1v) is 12.3. The SMILES string of the molecule is Cc1ccc(S(=O)(=O)Nc2ccc(C(=O)NCc3ccccc3Cn3cccn3)cc2)cc1C. The van der Waals surface area contributed by atoms with Crippen molar-refractivity contribution in [3.8, 4) is 0 Å². The number of anilines is 1. The van der Waals surface area contributed by atoms with Gasteiger partial charge in [0.2, 0.25) is 0 Å². The first-order chi connectivity index (χ1) is 16.3. The molecule has 8 heteroatoms. The van der Waals surface area contributed by atoms with Gasteiger partial charge in [-0.05, 0) is 78.6 Å². The molecular weight excluding hydrogens is 448 g/mol. The Labute approximate surface area is 199 Å². The normalized spacial score (nSPS) is 11.2. The van der Waals surface area contributed by atoms with Gasteiger partial charge in [-0.15, -0.1) is 0 Å². The molecule has 34 heavy (non-hydrogen) atoms. The van der Waals surface area contributed by atoms with E-state index in [9.17, 15) is 13.2 Å². The number of hydrogen-bond donors (Lipinski definition) is 2. The zero-order valence-electron chi connectivity index (χ0n) is 19.0. The Morgan fingerprint density at radius 3 is 2.32 bits per heavy atom. The number of benzene rings is 3. The van der Waals surface area contributed by atoms with Crippen LogP contribution in [-0.2, 0) is 23.1 Å². The zero-order valence-corrected chi connectivity index (χ0v) is 19.8. The predicted molar refractivity (Wildman–Crippen MR) is 132 cm³/mol. The fourth-order valence-electron chi connectivity index (χ4n) is 3.52. The van der Waals surface area contributed by atoms with Crippen LogP contribution in [0.1, 0.15) is 32.6 Å². The fourth-order valence-corrected chi connectivity index (χ4v) is 4.66. The molecule has 4 aromatic rings. The van der Waals surface area contributed by atoms with Gasteiger partial charge in [0, 0.05) is 30.2 Å². The molecule has 174 valence electrons. The molecule has 0 saturated carbocycles.